The van der Waals surface area contributed by atoms with E-state index in [0.717, 1.165) is 31.6 Å². The minimum atomic E-state index is -0.105. The van der Waals surface area contributed by atoms with Gasteiger partial charge >= 0.3 is 0 Å². The van der Waals surface area contributed by atoms with Gasteiger partial charge in [-0.2, -0.15) is 0 Å². The van der Waals surface area contributed by atoms with E-state index in [0.29, 0.717) is 0 Å². The van der Waals surface area contributed by atoms with Crippen LogP contribution >= 0.6 is 0 Å². The molecule has 0 unspecified atom stereocenters. The van der Waals surface area contributed by atoms with Crippen molar-refractivity contribution in [3.8, 4) is 0 Å². The molecule has 2 heterocycles. The molecule has 0 radical (unpaired) electrons. The topological polar surface area (TPSA) is 45.2 Å². The summed E-state index contributed by atoms with van der Waals surface area (Å²) in [6.07, 6.45) is 3.75. The third-order valence-corrected chi connectivity index (χ3v) is 3.07. The van der Waals surface area contributed by atoms with Gasteiger partial charge in [0.1, 0.15) is 0 Å². The number of rotatable bonds is 2. The quantitative estimate of drug-likeness (QED) is 0.725. The molecule has 1 aliphatic heterocycles. The molecule has 1 fully saturated rings. The van der Waals surface area contributed by atoms with Crippen LogP contribution in [-0.2, 0) is 5.41 Å². The van der Waals surface area contributed by atoms with E-state index >= 15 is 0 Å². The van der Waals surface area contributed by atoms with E-state index in [1.54, 1.807) is 6.20 Å². The SMILES string of the molecule is OCC1(c2ccccn2)CCNCC1. The third kappa shape index (κ3) is 1.65. The van der Waals surface area contributed by atoms with Crippen LogP contribution in [0.15, 0.2) is 24.4 Å². The summed E-state index contributed by atoms with van der Waals surface area (Å²) in [5.74, 6) is 0. The number of pyridine rings is 1. The lowest BCUT2D eigenvalue weighted by Gasteiger charge is -2.35. The minimum Gasteiger partial charge on any atom is -0.395 e. The molecule has 0 aliphatic carbocycles. The molecular formula is C11H16N2O. The number of nitrogens with one attached hydrogen (secondary N) is 1. The number of aliphatic hydroxyl groups excluding tert-OH is 1. The molecule has 76 valence electrons. The Bertz CT molecular complexity index is 281. The Morgan fingerprint density at radius 1 is 1.36 bits per heavy atom. The summed E-state index contributed by atoms with van der Waals surface area (Å²) in [5, 5.41) is 12.8. The highest BCUT2D eigenvalue weighted by molar-refractivity contribution is 5.18. The van der Waals surface area contributed by atoms with Gasteiger partial charge in [-0.05, 0) is 38.1 Å². The van der Waals surface area contributed by atoms with Crippen LogP contribution in [0, 0.1) is 0 Å². The Kier molecular flexibility index (Phi) is 2.79. The second-order valence-corrected chi connectivity index (χ2v) is 3.90. The van der Waals surface area contributed by atoms with Crippen molar-refractivity contribution in [3.05, 3.63) is 30.1 Å². The second-order valence-electron chi connectivity index (χ2n) is 3.90. The first-order valence-corrected chi connectivity index (χ1v) is 5.10. The van der Waals surface area contributed by atoms with Gasteiger partial charge in [0.2, 0.25) is 0 Å². The van der Waals surface area contributed by atoms with Crippen molar-refractivity contribution >= 4 is 0 Å². The number of hydrogen-bond acceptors (Lipinski definition) is 3. The standard InChI is InChI=1S/C11H16N2O/c14-9-11(4-7-12-8-5-11)10-3-1-2-6-13-10/h1-3,6,12,14H,4-5,7-9H2. The molecule has 0 bridgehead atoms. The van der Waals surface area contributed by atoms with Crippen molar-refractivity contribution in [2.24, 2.45) is 0 Å². The lowest BCUT2D eigenvalue weighted by atomic mass is 9.76. The van der Waals surface area contributed by atoms with Crippen molar-refractivity contribution in [2.45, 2.75) is 18.3 Å². The van der Waals surface area contributed by atoms with Crippen LogP contribution in [0.25, 0.3) is 0 Å². The lowest BCUT2D eigenvalue weighted by molar-refractivity contribution is 0.154. The van der Waals surface area contributed by atoms with Crippen LogP contribution in [0.1, 0.15) is 18.5 Å². The fourth-order valence-electron chi connectivity index (χ4n) is 2.08. The molecule has 1 aromatic heterocycles. The van der Waals surface area contributed by atoms with Crippen LogP contribution in [-0.4, -0.2) is 29.8 Å². The Labute approximate surface area is 84.2 Å². The fraction of sp³-hybridized carbons (Fsp3) is 0.545. The molecule has 1 aromatic rings. The monoisotopic (exact) mass is 192 g/mol. The van der Waals surface area contributed by atoms with Crippen LogP contribution in [0.5, 0.6) is 0 Å². The van der Waals surface area contributed by atoms with E-state index in [9.17, 15) is 5.11 Å². The molecule has 0 aromatic carbocycles. The molecule has 1 aliphatic rings. The van der Waals surface area contributed by atoms with Gasteiger partial charge < -0.3 is 10.4 Å². The molecule has 0 amide bonds. The van der Waals surface area contributed by atoms with Crippen molar-refractivity contribution in [1.82, 2.24) is 10.3 Å². The maximum Gasteiger partial charge on any atom is 0.0544 e. The summed E-state index contributed by atoms with van der Waals surface area (Å²) >= 11 is 0. The second kappa shape index (κ2) is 4.07. The summed E-state index contributed by atoms with van der Waals surface area (Å²) in [5.41, 5.74) is 0.927. The number of aromatic nitrogens is 1. The molecular weight excluding hydrogens is 176 g/mol. The van der Waals surface area contributed by atoms with Gasteiger partial charge in [0.15, 0.2) is 0 Å². The molecule has 3 heteroatoms. The van der Waals surface area contributed by atoms with Gasteiger partial charge in [-0.15, -0.1) is 0 Å². The van der Waals surface area contributed by atoms with Gasteiger partial charge in [0, 0.05) is 17.3 Å². The fourth-order valence-corrected chi connectivity index (χ4v) is 2.08. The number of piperidine rings is 1. The van der Waals surface area contributed by atoms with Gasteiger partial charge in [-0.25, -0.2) is 0 Å². The van der Waals surface area contributed by atoms with Gasteiger partial charge in [-0.3, -0.25) is 4.98 Å². The van der Waals surface area contributed by atoms with Crippen molar-refractivity contribution in [1.29, 1.82) is 0 Å². The molecule has 2 N–H and O–H groups in total. The molecule has 0 spiro atoms. The first kappa shape index (κ1) is 9.62. The van der Waals surface area contributed by atoms with E-state index in [2.05, 4.69) is 10.3 Å². The number of nitrogens with zero attached hydrogens (tertiary/aromatic N) is 1. The highest BCUT2D eigenvalue weighted by Crippen LogP contribution is 2.31. The smallest absolute Gasteiger partial charge is 0.0544 e. The zero-order valence-corrected chi connectivity index (χ0v) is 8.24. The van der Waals surface area contributed by atoms with Crippen molar-refractivity contribution < 1.29 is 5.11 Å². The highest BCUT2D eigenvalue weighted by atomic mass is 16.3. The molecule has 3 nitrogen and oxygen atoms in total. The van der Waals surface area contributed by atoms with Crippen LogP contribution in [0.3, 0.4) is 0 Å². The van der Waals surface area contributed by atoms with Crippen LogP contribution < -0.4 is 5.32 Å². The van der Waals surface area contributed by atoms with Crippen molar-refractivity contribution in [3.63, 3.8) is 0 Å². The zero-order valence-electron chi connectivity index (χ0n) is 8.24. The largest absolute Gasteiger partial charge is 0.395 e. The highest BCUT2D eigenvalue weighted by Gasteiger charge is 2.34. The van der Waals surface area contributed by atoms with Gasteiger partial charge in [0.25, 0.3) is 0 Å². The normalized spacial score (nSPS) is 20.6. The van der Waals surface area contributed by atoms with Crippen molar-refractivity contribution in [2.75, 3.05) is 19.7 Å². The number of hydrogen-bond donors (Lipinski definition) is 2. The average Bonchev–Trinajstić information content (AvgIpc) is 2.31. The molecule has 1 saturated heterocycles. The summed E-state index contributed by atoms with van der Waals surface area (Å²) in [6.45, 7) is 2.14. The lowest BCUT2D eigenvalue weighted by Crippen LogP contribution is -2.42. The summed E-state index contributed by atoms with van der Waals surface area (Å²) in [4.78, 5) is 4.36. The van der Waals surface area contributed by atoms with Gasteiger partial charge in [0.05, 0.1) is 6.61 Å². The predicted octanol–water partition coefficient (Wildman–Crippen LogP) is 0.695. The van der Waals surface area contributed by atoms with E-state index in [1.165, 1.54) is 0 Å². The maximum absolute atomic E-state index is 9.53. The Balaban J connectivity index is 2.27. The van der Waals surface area contributed by atoms with E-state index < -0.39 is 0 Å². The van der Waals surface area contributed by atoms with E-state index in [-0.39, 0.29) is 12.0 Å². The molecule has 2 rings (SSSR count). The number of aliphatic hydroxyl groups is 1. The summed E-state index contributed by atoms with van der Waals surface area (Å²) in [6, 6.07) is 5.92. The van der Waals surface area contributed by atoms with E-state index in [4.69, 9.17) is 0 Å². The maximum atomic E-state index is 9.53. The predicted molar refractivity (Wildman–Crippen MR) is 55.1 cm³/mol. The van der Waals surface area contributed by atoms with Crippen LogP contribution in [0.4, 0.5) is 0 Å². The molecule has 0 atom stereocenters. The Hall–Kier alpha value is -0.930. The van der Waals surface area contributed by atoms with Gasteiger partial charge in [-0.1, -0.05) is 6.07 Å². The van der Waals surface area contributed by atoms with E-state index in [1.807, 2.05) is 18.2 Å². The molecule has 14 heavy (non-hydrogen) atoms. The summed E-state index contributed by atoms with van der Waals surface area (Å²) < 4.78 is 0. The summed E-state index contributed by atoms with van der Waals surface area (Å²) in [7, 11) is 0. The third-order valence-electron chi connectivity index (χ3n) is 3.07. The minimum absolute atomic E-state index is 0.105. The van der Waals surface area contributed by atoms with Crippen LogP contribution in [0.2, 0.25) is 0 Å². The first-order valence-electron chi connectivity index (χ1n) is 5.10. The first-order chi connectivity index (χ1) is 6.87. The Morgan fingerprint density at radius 2 is 2.14 bits per heavy atom. The molecule has 0 saturated carbocycles. The Morgan fingerprint density at radius 3 is 2.71 bits per heavy atom. The zero-order chi connectivity index (χ0) is 9.86. The average molecular weight is 192 g/mol.